The number of hydrogen-bond donors (Lipinski definition) is 0. The zero-order chi connectivity index (χ0) is 42.8. The van der Waals surface area contributed by atoms with Gasteiger partial charge in [-0.2, -0.15) is 0 Å². The van der Waals surface area contributed by atoms with Crippen LogP contribution in [0.1, 0.15) is 181 Å². The Labute approximate surface area is 356 Å². The van der Waals surface area contributed by atoms with Crippen molar-refractivity contribution >= 4 is 19.8 Å². The molecule has 10 heteroatoms. The number of nitrogens with zero attached hydrogens (tertiary/aromatic N) is 1. The van der Waals surface area contributed by atoms with Crippen molar-refractivity contribution in [1.82, 2.24) is 0 Å². The number of esters is 2. The van der Waals surface area contributed by atoms with E-state index in [1.54, 1.807) is 0 Å². The Morgan fingerprint density at radius 3 is 1.43 bits per heavy atom. The van der Waals surface area contributed by atoms with Gasteiger partial charge in [0.25, 0.3) is 7.82 Å². The van der Waals surface area contributed by atoms with Crippen LogP contribution in [0, 0.1) is 0 Å². The molecule has 0 aromatic heterocycles. The second-order valence-electron chi connectivity index (χ2n) is 16.4. The second-order valence-corrected chi connectivity index (χ2v) is 17.8. The van der Waals surface area contributed by atoms with Crippen molar-refractivity contribution in [3.63, 3.8) is 0 Å². The average Bonchev–Trinajstić information content (AvgIpc) is 3.17. The fraction of sp³-hybridized carbons (Fsp3) is 0.750. The zero-order valence-electron chi connectivity index (χ0n) is 37.7. The molecule has 1 unspecified atom stereocenters. The van der Waals surface area contributed by atoms with E-state index in [1.807, 2.05) is 21.1 Å². The van der Waals surface area contributed by atoms with Gasteiger partial charge in [-0.25, -0.2) is 0 Å². The summed E-state index contributed by atoms with van der Waals surface area (Å²) in [6.07, 6.45) is 48.2. The molecule has 0 fully saturated rings. The Balaban J connectivity index is 4.44. The van der Waals surface area contributed by atoms with Gasteiger partial charge in [0.15, 0.2) is 6.10 Å². The summed E-state index contributed by atoms with van der Waals surface area (Å²) in [4.78, 5) is 37.6. The molecule has 0 bridgehead atoms. The summed E-state index contributed by atoms with van der Waals surface area (Å²) in [7, 11) is 1.13. The molecule has 2 atom stereocenters. The number of allylic oxidation sites excluding steroid dienone is 10. The quantitative estimate of drug-likeness (QED) is 0.0197. The summed E-state index contributed by atoms with van der Waals surface area (Å²) in [5, 5.41) is 0. The molecular weight excluding hydrogens is 750 g/mol. The summed E-state index contributed by atoms with van der Waals surface area (Å²) < 4.78 is 33.9. The highest BCUT2D eigenvalue weighted by atomic mass is 31.2. The molecule has 0 radical (unpaired) electrons. The van der Waals surface area contributed by atoms with Crippen molar-refractivity contribution in [3.05, 3.63) is 60.8 Å². The highest BCUT2D eigenvalue weighted by Gasteiger charge is 2.21. The first-order valence-electron chi connectivity index (χ1n) is 23.0. The van der Waals surface area contributed by atoms with Gasteiger partial charge in [0, 0.05) is 12.8 Å². The predicted octanol–water partition coefficient (Wildman–Crippen LogP) is 12.6. The van der Waals surface area contributed by atoms with Gasteiger partial charge in [-0.15, -0.1) is 0 Å². The van der Waals surface area contributed by atoms with Crippen molar-refractivity contribution in [2.45, 2.75) is 187 Å². The molecule has 58 heavy (non-hydrogen) atoms. The second kappa shape index (κ2) is 40.1. The number of likely N-dealkylation sites (N-methyl/N-ethyl adjacent to an activating group) is 1. The Morgan fingerprint density at radius 1 is 0.534 bits per heavy atom. The Morgan fingerprint density at radius 2 is 0.931 bits per heavy atom. The van der Waals surface area contributed by atoms with Crippen LogP contribution in [0.2, 0.25) is 0 Å². The van der Waals surface area contributed by atoms with Crippen molar-refractivity contribution < 1.29 is 42.1 Å². The number of quaternary nitrogens is 1. The lowest BCUT2D eigenvalue weighted by molar-refractivity contribution is -0.870. The third kappa shape index (κ3) is 43.3. The standard InChI is InChI=1S/C48H86NO8P/c1-6-8-10-12-14-16-18-20-22-23-24-25-27-29-31-33-35-37-39-41-48(51)57-46(45-56-58(52,53)55-43-42-49(3,4)5)44-54-47(50)40-38-36-34-32-30-28-26-21-19-17-15-13-11-9-7-2/h14,16,20,22,24-25,28-31,46H,6-13,15,17-19,21,23,26-27,32-45H2,1-5H3/b16-14+,22-20+,25-24+,30-28+,31-29+/t46-/m1/s1. The minimum atomic E-state index is -4.64. The van der Waals surface area contributed by atoms with Crippen molar-refractivity contribution in [3.8, 4) is 0 Å². The van der Waals surface area contributed by atoms with Crippen LogP contribution in [0.5, 0.6) is 0 Å². The van der Waals surface area contributed by atoms with Crippen molar-refractivity contribution in [2.75, 3.05) is 47.5 Å². The monoisotopic (exact) mass is 836 g/mol. The molecule has 0 heterocycles. The summed E-state index contributed by atoms with van der Waals surface area (Å²) in [6.45, 7) is 4.13. The van der Waals surface area contributed by atoms with Gasteiger partial charge in [-0.1, -0.05) is 145 Å². The van der Waals surface area contributed by atoms with Crippen molar-refractivity contribution in [2.24, 2.45) is 0 Å². The lowest BCUT2D eigenvalue weighted by Crippen LogP contribution is -2.37. The molecule has 0 aromatic rings. The molecule has 0 saturated carbocycles. The van der Waals surface area contributed by atoms with E-state index < -0.39 is 32.5 Å². The minimum Gasteiger partial charge on any atom is -0.756 e. The number of phosphoric ester groups is 1. The molecule has 0 aliphatic heterocycles. The Kier molecular flexibility index (Phi) is 38.5. The van der Waals surface area contributed by atoms with E-state index in [0.29, 0.717) is 23.9 Å². The molecular formula is C48H86NO8P. The molecule has 9 nitrogen and oxygen atoms in total. The van der Waals surface area contributed by atoms with Crippen LogP contribution in [-0.2, 0) is 32.7 Å². The maximum absolute atomic E-state index is 12.7. The van der Waals surface area contributed by atoms with Crippen molar-refractivity contribution in [1.29, 1.82) is 0 Å². The summed E-state index contributed by atoms with van der Waals surface area (Å²) in [6, 6.07) is 0. The van der Waals surface area contributed by atoms with Crippen LogP contribution in [0.4, 0.5) is 0 Å². The van der Waals surface area contributed by atoms with Crippen LogP contribution < -0.4 is 4.89 Å². The molecule has 0 saturated heterocycles. The number of ether oxygens (including phenoxy) is 2. The van der Waals surface area contributed by atoms with Gasteiger partial charge in [-0.3, -0.25) is 14.2 Å². The summed E-state index contributed by atoms with van der Waals surface area (Å²) in [5.74, 6) is -0.892. The summed E-state index contributed by atoms with van der Waals surface area (Å²) >= 11 is 0. The van der Waals surface area contributed by atoms with Crippen LogP contribution in [0.15, 0.2) is 60.8 Å². The normalized spacial score (nSPS) is 14.1. The molecule has 0 aliphatic rings. The highest BCUT2D eigenvalue weighted by molar-refractivity contribution is 7.45. The lowest BCUT2D eigenvalue weighted by atomic mass is 10.1. The number of hydrogen-bond acceptors (Lipinski definition) is 8. The third-order valence-corrected chi connectivity index (χ3v) is 10.5. The maximum atomic E-state index is 12.7. The topological polar surface area (TPSA) is 111 Å². The molecule has 0 N–H and O–H groups in total. The fourth-order valence-electron chi connectivity index (χ4n) is 5.87. The number of carbonyl (C=O) groups excluding carboxylic acids is 2. The number of phosphoric acid groups is 1. The summed E-state index contributed by atoms with van der Waals surface area (Å²) in [5.41, 5.74) is 0. The van der Waals surface area contributed by atoms with Gasteiger partial charge in [0.1, 0.15) is 19.8 Å². The van der Waals surface area contributed by atoms with E-state index in [0.717, 1.165) is 64.2 Å². The van der Waals surface area contributed by atoms with E-state index in [9.17, 15) is 19.0 Å². The zero-order valence-corrected chi connectivity index (χ0v) is 38.6. The van der Waals surface area contributed by atoms with E-state index in [2.05, 4.69) is 74.6 Å². The van der Waals surface area contributed by atoms with E-state index in [1.165, 1.54) is 77.0 Å². The van der Waals surface area contributed by atoms with Gasteiger partial charge in [-0.05, 0) is 83.5 Å². The first-order valence-corrected chi connectivity index (χ1v) is 24.5. The fourth-order valence-corrected chi connectivity index (χ4v) is 6.60. The largest absolute Gasteiger partial charge is 0.756 e. The van der Waals surface area contributed by atoms with E-state index in [-0.39, 0.29) is 26.1 Å². The molecule has 0 amide bonds. The number of carbonyl (C=O) groups is 2. The highest BCUT2D eigenvalue weighted by Crippen LogP contribution is 2.38. The van der Waals surface area contributed by atoms with Gasteiger partial charge in [0.05, 0.1) is 27.7 Å². The van der Waals surface area contributed by atoms with Gasteiger partial charge >= 0.3 is 11.9 Å². The number of rotatable bonds is 41. The van der Waals surface area contributed by atoms with Crippen LogP contribution in [-0.4, -0.2) is 70.0 Å². The smallest absolute Gasteiger partial charge is 0.306 e. The maximum Gasteiger partial charge on any atom is 0.306 e. The predicted molar refractivity (Wildman–Crippen MR) is 240 cm³/mol. The number of unbranched alkanes of at least 4 members (excludes halogenated alkanes) is 17. The van der Waals surface area contributed by atoms with Gasteiger partial charge < -0.3 is 27.9 Å². The third-order valence-electron chi connectivity index (χ3n) is 9.51. The van der Waals surface area contributed by atoms with E-state index >= 15 is 0 Å². The average molecular weight is 836 g/mol. The first kappa shape index (κ1) is 55.7. The first-order chi connectivity index (χ1) is 28.0. The van der Waals surface area contributed by atoms with E-state index in [4.69, 9.17) is 18.5 Å². The molecule has 0 spiro atoms. The lowest BCUT2D eigenvalue weighted by Gasteiger charge is -2.28. The molecule has 0 aromatic carbocycles. The van der Waals surface area contributed by atoms with Crippen LogP contribution in [0.25, 0.3) is 0 Å². The van der Waals surface area contributed by atoms with Gasteiger partial charge in [0.2, 0.25) is 0 Å². The molecule has 0 aliphatic carbocycles. The SMILES string of the molecule is CCCCC/C=C/C/C=C/C/C=C/C/C=C/CCCCCC(=O)O[C@H](COC(=O)CCCCC/C=C/CCCCCCCCCC)COP(=O)([O-])OCC[N+](C)(C)C. The minimum absolute atomic E-state index is 0.0418. The Hall–Kier alpha value is -2.29. The molecule has 0 rings (SSSR count). The van der Waals surface area contributed by atoms with Crippen LogP contribution in [0.3, 0.4) is 0 Å². The Bertz CT molecular complexity index is 1170. The molecule has 336 valence electrons. The van der Waals surface area contributed by atoms with Crippen LogP contribution >= 0.6 is 7.82 Å².